The van der Waals surface area contributed by atoms with Crippen LogP contribution in [0.15, 0.2) is 60.7 Å². The third kappa shape index (κ3) is 2.86. The van der Waals surface area contributed by atoms with Crippen molar-refractivity contribution in [2.75, 3.05) is 0 Å². The highest BCUT2D eigenvalue weighted by Crippen LogP contribution is 2.24. The van der Waals surface area contributed by atoms with Crippen molar-refractivity contribution in [1.82, 2.24) is 0 Å². The molecule has 25 heavy (non-hydrogen) atoms. The predicted octanol–water partition coefficient (Wildman–Crippen LogP) is 4.43. The highest BCUT2D eigenvalue weighted by molar-refractivity contribution is 7.40. The van der Waals surface area contributed by atoms with Crippen LogP contribution in [-0.4, -0.2) is 7.38 Å². The van der Waals surface area contributed by atoms with Crippen LogP contribution in [0.25, 0.3) is 0 Å². The van der Waals surface area contributed by atoms with Crippen LogP contribution < -0.4 is 15.6 Å². The second-order valence-corrected chi connectivity index (χ2v) is 11.6. The highest BCUT2D eigenvalue weighted by atomic mass is 35.6. The van der Waals surface area contributed by atoms with Gasteiger partial charge in [0.15, 0.2) is 0 Å². The van der Waals surface area contributed by atoms with Gasteiger partial charge in [0, 0.05) is 0 Å². The molecule has 0 aliphatic carbocycles. The topological polar surface area (TPSA) is 0 Å². The van der Waals surface area contributed by atoms with E-state index in [1.807, 2.05) is 0 Å². The third-order valence-corrected chi connectivity index (χ3v) is 11.3. The molecule has 0 N–H and O–H groups in total. The van der Waals surface area contributed by atoms with Gasteiger partial charge in [-0.2, -0.15) is 0 Å². The smallest absolute Gasteiger partial charge is 0.149 e. The van der Waals surface area contributed by atoms with Gasteiger partial charge in [-0.25, -0.2) is 0 Å². The van der Waals surface area contributed by atoms with Crippen LogP contribution in [0.1, 0.15) is 27.8 Å². The first-order valence-corrected chi connectivity index (χ1v) is 11.8. The summed E-state index contributed by atoms with van der Waals surface area (Å²) in [5.74, 6) is 0. The van der Waals surface area contributed by atoms with E-state index in [1.54, 1.807) is 0 Å². The molecule has 3 aromatic rings. The number of benzene rings is 3. The Balaban J connectivity index is 2.44. The quantitative estimate of drug-likeness (QED) is 0.366. The molecule has 2 heteroatoms. The van der Waals surface area contributed by atoms with E-state index in [1.165, 1.54) is 43.4 Å². The standard InChI is InChI=1S/C23H25ClSi/c1-16-17(2)19(4)23(20(5)18(16)3)25(24,21-12-8-6-9-13-21)22-14-10-7-11-15-22/h6-15H,1-5H3. The lowest BCUT2D eigenvalue weighted by Crippen LogP contribution is -2.64. The van der Waals surface area contributed by atoms with Crippen LogP contribution >= 0.6 is 11.1 Å². The second kappa shape index (κ2) is 6.82. The number of hydrogen-bond acceptors (Lipinski definition) is 0. The highest BCUT2D eigenvalue weighted by Gasteiger charge is 2.41. The third-order valence-electron chi connectivity index (χ3n) is 5.69. The van der Waals surface area contributed by atoms with Gasteiger partial charge in [0.25, 0.3) is 0 Å². The summed E-state index contributed by atoms with van der Waals surface area (Å²) < 4.78 is 0. The minimum Gasteiger partial charge on any atom is -0.149 e. The monoisotopic (exact) mass is 364 g/mol. The zero-order valence-corrected chi connectivity index (χ0v) is 17.4. The maximum Gasteiger partial charge on any atom is 0.248 e. The Morgan fingerprint density at radius 3 is 1.20 bits per heavy atom. The molecule has 0 atom stereocenters. The van der Waals surface area contributed by atoms with Gasteiger partial charge in [0.2, 0.25) is 7.38 Å². The Morgan fingerprint density at radius 2 is 0.840 bits per heavy atom. The zero-order valence-electron chi connectivity index (χ0n) is 15.7. The molecule has 0 saturated heterocycles. The lowest BCUT2D eigenvalue weighted by atomic mass is 9.95. The maximum atomic E-state index is 7.66. The Hall–Kier alpha value is -1.83. The summed E-state index contributed by atoms with van der Waals surface area (Å²) in [4.78, 5) is 0. The van der Waals surface area contributed by atoms with E-state index in [9.17, 15) is 0 Å². The lowest BCUT2D eigenvalue weighted by molar-refractivity contribution is 1.19. The van der Waals surface area contributed by atoms with E-state index < -0.39 is 7.38 Å². The van der Waals surface area contributed by atoms with Gasteiger partial charge in [-0.3, -0.25) is 0 Å². The van der Waals surface area contributed by atoms with Crippen molar-refractivity contribution in [3.63, 3.8) is 0 Å². The lowest BCUT2D eigenvalue weighted by Gasteiger charge is -2.32. The van der Waals surface area contributed by atoms with Crippen LogP contribution in [0.3, 0.4) is 0 Å². The Bertz CT molecular complexity index is 830. The first-order chi connectivity index (χ1) is 11.9. The van der Waals surface area contributed by atoms with Crippen molar-refractivity contribution < 1.29 is 0 Å². The van der Waals surface area contributed by atoms with Gasteiger partial charge in [0.1, 0.15) is 0 Å². The first kappa shape index (κ1) is 18.0. The normalized spacial score (nSPS) is 11.6. The molecular formula is C23H25ClSi. The predicted molar refractivity (Wildman–Crippen MR) is 114 cm³/mol. The van der Waals surface area contributed by atoms with Crippen LogP contribution in [-0.2, 0) is 0 Å². The van der Waals surface area contributed by atoms with Crippen molar-refractivity contribution in [1.29, 1.82) is 0 Å². The largest absolute Gasteiger partial charge is 0.248 e. The second-order valence-electron chi connectivity index (χ2n) is 6.89. The average molecular weight is 365 g/mol. The van der Waals surface area contributed by atoms with Crippen molar-refractivity contribution in [2.45, 2.75) is 34.6 Å². The molecule has 3 aromatic carbocycles. The molecule has 0 unspecified atom stereocenters. The molecule has 0 bridgehead atoms. The zero-order chi connectivity index (χ0) is 18.2. The summed E-state index contributed by atoms with van der Waals surface area (Å²) in [6.45, 7) is 11.1. The van der Waals surface area contributed by atoms with Gasteiger partial charge in [-0.05, 0) is 78.0 Å². The molecule has 0 aromatic heterocycles. The summed E-state index contributed by atoms with van der Waals surface area (Å²) in [6, 6.07) is 21.3. The van der Waals surface area contributed by atoms with E-state index in [0.717, 1.165) is 0 Å². The van der Waals surface area contributed by atoms with Crippen LogP contribution in [0.5, 0.6) is 0 Å². The number of hydrogen-bond donors (Lipinski definition) is 0. The minimum absolute atomic E-state index is 1.25. The van der Waals surface area contributed by atoms with Crippen LogP contribution in [0, 0.1) is 34.6 Å². The van der Waals surface area contributed by atoms with Crippen LogP contribution in [0.2, 0.25) is 0 Å². The Kier molecular flexibility index (Phi) is 4.90. The molecule has 0 aliphatic heterocycles. The molecule has 0 heterocycles. The van der Waals surface area contributed by atoms with E-state index in [-0.39, 0.29) is 0 Å². The van der Waals surface area contributed by atoms with E-state index in [2.05, 4.69) is 95.3 Å². The summed E-state index contributed by atoms with van der Waals surface area (Å²) in [5, 5.41) is 3.85. The fourth-order valence-corrected chi connectivity index (χ4v) is 9.04. The molecule has 0 radical (unpaired) electrons. The molecule has 0 nitrogen and oxygen atoms in total. The number of halogens is 1. The van der Waals surface area contributed by atoms with Crippen molar-refractivity contribution >= 4 is 34.0 Å². The van der Waals surface area contributed by atoms with Crippen molar-refractivity contribution in [3.8, 4) is 0 Å². The summed E-state index contributed by atoms with van der Waals surface area (Å²) in [5.41, 5.74) is 6.79. The maximum absolute atomic E-state index is 7.66. The molecule has 0 amide bonds. The van der Waals surface area contributed by atoms with E-state index in [4.69, 9.17) is 11.1 Å². The molecular weight excluding hydrogens is 340 g/mol. The Morgan fingerprint density at radius 1 is 0.520 bits per heavy atom. The fraction of sp³-hybridized carbons (Fsp3) is 0.217. The number of rotatable bonds is 3. The first-order valence-electron chi connectivity index (χ1n) is 8.76. The summed E-state index contributed by atoms with van der Waals surface area (Å²) in [6.07, 6.45) is 0. The van der Waals surface area contributed by atoms with Gasteiger partial charge in [-0.15, -0.1) is 11.1 Å². The molecule has 0 spiro atoms. The minimum atomic E-state index is -2.58. The molecule has 3 rings (SSSR count). The molecule has 128 valence electrons. The molecule has 0 saturated carbocycles. The summed E-state index contributed by atoms with van der Waals surface area (Å²) in [7, 11) is -2.58. The summed E-state index contributed by atoms with van der Waals surface area (Å²) >= 11 is 7.66. The molecule has 0 aliphatic rings. The van der Waals surface area contributed by atoms with Gasteiger partial charge >= 0.3 is 0 Å². The van der Waals surface area contributed by atoms with E-state index in [0.29, 0.717) is 0 Å². The SMILES string of the molecule is Cc1c(C)c(C)c([Si](Cl)(c2ccccc2)c2ccccc2)c(C)c1C. The van der Waals surface area contributed by atoms with Gasteiger partial charge in [-0.1, -0.05) is 60.7 Å². The molecule has 0 fully saturated rings. The van der Waals surface area contributed by atoms with Crippen LogP contribution in [0.4, 0.5) is 0 Å². The Labute approximate surface area is 157 Å². The van der Waals surface area contributed by atoms with Gasteiger partial charge < -0.3 is 0 Å². The van der Waals surface area contributed by atoms with E-state index >= 15 is 0 Å². The van der Waals surface area contributed by atoms with Crippen molar-refractivity contribution in [3.05, 3.63) is 88.5 Å². The average Bonchev–Trinajstić information content (AvgIpc) is 2.66. The fourth-order valence-electron chi connectivity index (χ4n) is 3.81. The van der Waals surface area contributed by atoms with Crippen molar-refractivity contribution in [2.24, 2.45) is 0 Å². The van der Waals surface area contributed by atoms with Gasteiger partial charge in [0.05, 0.1) is 0 Å².